The molecule has 0 spiro atoms. The van der Waals surface area contributed by atoms with E-state index in [0.717, 1.165) is 13.1 Å². The van der Waals surface area contributed by atoms with Crippen molar-refractivity contribution in [1.82, 2.24) is 4.31 Å². The van der Waals surface area contributed by atoms with E-state index in [2.05, 4.69) is 38.5 Å². The molecule has 0 radical (unpaired) electrons. The Hall–Kier alpha value is -0.530. The molecular weight excluding hydrogens is 349 g/mol. The fourth-order valence-electron chi connectivity index (χ4n) is 1.10. The molecule has 1 aromatic rings. The van der Waals surface area contributed by atoms with Crippen molar-refractivity contribution in [3.05, 3.63) is 48.0 Å². The summed E-state index contributed by atoms with van der Waals surface area (Å²) in [5.41, 5.74) is 1.49. The summed E-state index contributed by atoms with van der Waals surface area (Å²) in [5, 5.41) is 6.89. The van der Waals surface area contributed by atoms with Gasteiger partial charge in [-0.2, -0.15) is 0 Å². The third-order valence-corrected chi connectivity index (χ3v) is 3.98. The van der Waals surface area contributed by atoms with E-state index in [-0.39, 0.29) is 6.47 Å². The number of benzene rings is 1. The van der Waals surface area contributed by atoms with Crippen molar-refractivity contribution in [3.63, 3.8) is 0 Å². The second-order valence-electron chi connectivity index (χ2n) is 3.20. The fourth-order valence-corrected chi connectivity index (χ4v) is 2.39. The van der Waals surface area contributed by atoms with Crippen molar-refractivity contribution in [1.29, 1.82) is 0 Å². The molecule has 1 heterocycles. The van der Waals surface area contributed by atoms with Gasteiger partial charge in [-0.25, -0.2) is 4.31 Å². The standard InChI is InChI=1S/C6H6.C5H8INS.CH2O2/c1-2-4-6-5-3-1;1-5-2-3-7(4-5)8-6;2-1-3/h1-6H;2H,3-4H2,1H3;1H,(H,2,3). The summed E-state index contributed by atoms with van der Waals surface area (Å²) in [6.07, 6.45) is 2.27. The predicted octanol–water partition coefficient (Wildman–Crippen LogP) is 3.63. The van der Waals surface area contributed by atoms with Gasteiger partial charge in [0.25, 0.3) is 6.47 Å². The van der Waals surface area contributed by atoms with Gasteiger partial charge in [0.2, 0.25) is 0 Å². The first-order chi connectivity index (χ1) is 8.24. The van der Waals surface area contributed by atoms with Crippen LogP contribution in [0.5, 0.6) is 0 Å². The largest absolute Gasteiger partial charge is 0.483 e. The number of hydrogen-bond donors (Lipinski definition) is 1. The summed E-state index contributed by atoms with van der Waals surface area (Å²) in [7, 11) is 1.79. The predicted molar refractivity (Wildman–Crippen MR) is 82.1 cm³/mol. The molecule has 0 fully saturated rings. The maximum absolute atomic E-state index is 8.36. The van der Waals surface area contributed by atoms with Crippen LogP contribution in [-0.2, 0) is 4.79 Å². The molecule has 1 aliphatic rings. The molecule has 1 aliphatic heterocycles. The highest BCUT2D eigenvalue weighted by molar-refractivity contribution is 14.2. The molecule has 3 nitrogen and oxygen atoms in total. The Balaban J connectivity index is 0.000000252. The van der Waals surface area contributed by atoms with Crippen molar-refractivity contribution in [3.8, 4) is 0 Å². The molecule has 94 valence electrons. The molecular formula is C12H16INO2S. The minimum Gasteiger partial charge on any atom is -0.483 e. The zero-order valence-corrected chi connectivity index (χ0v) is 12.6. The van der Waals surface area contributed by atoms with E-state index in [1.807, 2.05) is 36.4 Å². The molecule has 5 heteroatoms. The van der Waals surface area contributed by atoms with Crippen molar-refractivity contribution in [2.75, 3.05) is 13.1 Å². The van der Waals surface area contributed by atoms with E-state index in [1.165, 1.54) is 5.57 Å². The Morgan fingerprint density at radius 2 is 1.71 bits per heavy atom. The molecule has 17 heavy (non-hydrogen) atoms. The third-order valence-electron chi connectivity index (χ3n) is 1.83. The highest BCUT2D eigenvalue weighted by Crippen LogP contribution is 2.23. The molecule has 0 saturated carbocycles. The molecule has 0 amide bonds. The van der Waals surface area contributed by atoms with Gasteiger partial charge >= 0.3 is 0 Å². The summed E-state index contributed by atoms with van der Waals surface area (Å²) in [5.74, 6) is 0. The fraction of sp³-hybridized carbons (Fsp3) is 0.250. The number of carboxylic acid groups (broad SMARTS) is 1. The van der Waals surface area contributed by atoms with Gasteiger partial charge in [0.1, 0.15) is 0 Å². The van der Waals surface area contributed by atoms with Gasteiger partial charge in [-0.3, -0.25) is 4.79 Å². The number of hydrogen-bond acceptors (Lipinski definition) is 3. The lowest BCUT2D eigenvalue weighted by atomic mass is 10.3. The first-order valence-electron chi connectivity index (χ1n) is 5.01. The topological polar surface area (TPSA) is 40.5 Å². The van der Waals surface area contributed by atoms with Gasteiger partial charge in [-0.1, -0.05) is 48.0 Å². The van der Waals surface area contributed by atoms with Crippen LogP contribution in [0.3, 0.4) is 0 Å². The monoisotopic (exact) mass is 365 g/mol. The van der Waals surface area contributed by atoms with Gasteiger partial charge < -0.3 is 5.11 Å². The lowest BCUT2D eigenvalue weighted by Crippen LogP contribution is -2.07. The molecule has 2 rings (SSSR count). The highest BCUT2D eigenvalue weighted by atomic mass is 127. The minimum atomic E-state index is -0.250. The molecule has 1 aromatic carbocycles. The lowest BCUT2D eigenvalue weighted by Gasteiger charge is -2.06. The Morgan fingerprint density at radius 1 is 1.29 bits per heavy atom. The summed E-state index contributed by atoms with van der Waals surface area (Å²) in [6, 6.07) is 12.0. The van der Waals surface area contributed by atoms with Gasteiger partial charge in [0, 0.05) is 34.3 Å². The van der Waals surface area contributed by atoms with E-state index in [1.54, 1.807) is 9.12 Å². The summed E-state index contributed by atoms with van der Waals surface area (Å²) < 4.78 is 2.32. The second kappa shape index (κ2) is 11.9. The van der Waals surface area contributed by atoms with Crippen LogP contribution in [0.25, 0.3) is 0 Å². The number of rotatable bonds is 1. The Morgan fingerprint density at radius 3 is 1.88 bits per heavy atom. The SMILES string of the molecule is CC1=CCN(SI)C1.O=CO.c1ccccc1. The summed E-state index contributed by atoms with van der Waals surface area (Å²) in [6.45, 7) is 4.19. The van der Waals surface area contributed by atoms with Crippen molar-refractivity contribution in [2.24, 2.45) is 0 Å². The summed E-state index contributed by atoms with van der Waals surface area (Å²) in [4.78, 5) is 8.36. The summed E-state index contributed by atoms with van der Waals surface area (Å²) >= 11 is 2.31. The van der Waals surface area contributed by atoms with Gasteiger partial charge in [0.15, 0.2) is 0 Å². The maximum Gasteiger partial charge on any atom is 0.290 e. The zero-order chi connectivity index (χ0) is 12.9. The van der Waals surface area contributed by atoms with E-state index in [9.17, 15) is 0 Å². The Bertz CT molecular complexity index is 293. The first-order valence-corrected chi connectivity index (χ1v) is 8.33. The van der Waals surface area contributed by atoms with Crippen LogP contribution in [-0.4, -0.2) is 29.0 Å². The maximum atomic E-state index is 8.36. The van der Waals surface area contributed by atoms with Gasteiger partial charge in [-0.15, -0.1) is 0 Å². The van der Waals surface area contributed by atoms with Crippen LogP contribution in [0, 0.1) is 0 Å². The molecule has 0 bridgehead atoms. The van der Waals surface area contributed by atoms with Crippen LogP contribution in [0.4, 0.5) is 0 Å². The second-order valence-corrected chi connectivity index (χ2v) is 5.04. The minimum absolute atomic E-state index is 0.250. The molecule has 0 atom stereocenters. The van der Waals surface area contributed by atoms with Crippen LogP contribution in [0.2, 0.25) is 0 Å². The lowest BCUT2D eigenvalue weighted by molar-refractivity contribution is -0.122. The molecule has 0 aromatic heterocycles. The van der Waals surface area contributed by atoms with Crippen LogP contribution >= 0.6 is 30.3 Å². The van der Waals surface area contributed by atoms with E-state index >= 15 is 0 Å². The van der Waals surface area contributed by atoms with Gasteiger partial charge in [0.05, 0.1) is 0 Å². The third kappa shape index (κ3) is 10.3. The van der Waals surface area contributed by atoms with E-state index < -0.39 is 0 Å². The number of nitrogens with zero attached hydrogens (tertiary/aromatic N) is 1. The van der Waals surface area contributed by atoms with Crippen LogP contribution < -0.4 is 0 Å². The quantitative estimate of drug-likeness (QED) is 0.357. The molecule has 1 N–H and O–H groups in total. The van der Waals surface area contributed by atoms with Crippen molar-refractivity contribution in [2.45, 2.75) is 6.92 Å². The zero-order valence-electron chi connectivity index (χ0n) is 9.62. The van der Waals surface area contributed by atoms with Crippen molar-refractivity contribution < 1.29 is 9.90 Å². The highest BCUT2D eigenvalue weighted by Gasteiger charge is 2.08. The van der Waals surface area contributed by atoms with Crippen LogP contribution in [0.1, 0.15) is 6.92 Å². The van der Waals surface area contributed by atoms with E-state index in [0.29, 0.717) is 0 Å². The smallest absolute Gasteiger partial charge is 0.290 e. The molecule has 0 unspecified atom stereocenters. The molecule has 0 saturated heterocycles. The number of halogens is 1. The molecule has 0 aliphatic carbocycles. The Labute approximate surface area is 119 Å². The normalized spacial score (nSPS) is 13.6. The Kier molecular flexibility index (Phi) is 11.6. The van der Waals surface area contributed by atoms with Crippen molar-refractivity contribution >= 4 is 36.8 Å². The number of carbonyl (C=O) groups is 1. The average molecular weight is 365 g/mol. The van der Waals surface area contributed by atoms with Gasteiger partial charge in [-0.05, 0) is 16.0 Å². The van der Waals surface area contributed by atoms with E-state index in [4.69, 9.17) is 9.90 Å². The average Bonchev–Trinajstić information content (AvgIpc) is 2.79. The first kappa shape index (κ1) is 16.5. The van der Waals surface area contributed by atoms with Crippen LogP contribution in [0.15, 0.2) is 48.0 Å².